The van der Waals surface area contributed by atoms with Gasteiger partial charge in [0, 0.05) is 13.2 Å². The maximum Gasteiger partial charge on any atom is 0.0832 e. The van der Waals surface area contributed by atoms with Gasteiger partial charge in [-0.1, -0.05) is 12.5 Å². The first-order valence-electron chi connectivity index (χ1n) is 5.95. The SMILES string of the molecule is C=C(C)CC(N)C1(OC)CCC(C)CC1. The zero-order valence-electron chi connectivity index (χ0n) is 10.4. The second-order valence-corrected chi connectivity index (χ2v) is 5.22. The van der Waals surface area contributed by atoms with Gasteiger partial charge in [0.05, 0.1) is 5.60 Å². The van der Waals surface area contributed by atoms with Crippen LogP contribution in [0.1, 0.15) is 46.0 Å². The molecule has 0 heterocycles. The first-order chi connectivity index (χ1) is 7.00. The van der Waals surface area contributed by atoms with Crippen LogP contribution in [0.5, 0.6) is 0 Å². The topological polar surface area (TPSA) is 35.2 Å². The van der Waals surface area contributed by atoms with E-state index in [2.05, 4.69) is 13.5 Å². The van der Waals surface area contributed by atoms with Crippen molar-refractivity contribution in [3.05, 3.63) is 12.2 Å². The highest BCUT2D eigenvalue weighted by atomic mass is 16.5. The highest BCUT2D eigenvalue weighted by Gasteiger charge is 2.39. The quantitative estimate of drug-likeness (QED) is 0.726. The summed E-state index contributed by atoms with van der Waals surface area (Å²) in [7, 11) is 1.80. The van der Waals surface area contributed by atoms with E-state index >= 15 is 0 Å². The molecule has 2 N–H and O–H groups in total. The molecule has 0 spiro atoms. The number of ether oxygens (including phenoxy) is 1. The van der Waals surface area contributed by atoms with E-state index in [9.17, 15) is 0 Å². The molecule has 15 heavy (non-hydrogen) atoms. The largest absolute Gasteiger partial charge is 0.377 e. The van der Waals surface area contributed by atoms with E-state index in [0.717, 1.165) is 30.8 Å². The van der Waals surface area contributed by atoms with E-state index < -0.39 is 0 Å². The fourth-order valence-corrected chi connectivity index (χ4v) is 2.54. The summed E-state index contributed by atoms with van der Waals surface area (Å²) < 4.78 is 5.72. The Kier molecular flexibility index (Phi) is 4.35. The molecular formula is C13H25NO. The van der Waals surface area contributed by atoms with Gasteiger partial charge in [-0.05, 0) is 44.9 Å². The third-order valence-electron chi connectivity index (χ3n) is 3.77. The molecule has 2 heteroatoms. The van der Waals surface area contributed by atoms with E-state index in [1.165, 1.54) is 12.8 Å². The van der Waals surface area contributed by atoms with Crippen molar-refractivity contribution in [3.63, 3.8) is 0 Å². The molecule has 1 unspecified atom stereocenters. The van der Waals surface area contributed by atoms with Crippen LogP contribution in [-0.2, 0) is 4.74 Å². The first kappa shape index (κ1) is 12.7. The van der Waals surface area contributed by atoms with Crippen molar-refractivity contribution in [2.75, 3.05) is 7.11 Å². The van der Waals surface area contributed by atoms with Crippen molar-refractivity contribution in [3.8, 4) is 0 Å². The summed E-state index contributed by atoms with van der Waals surface area (Å²) in [5, 5.41) is 0. The van der Waals surface area contributed by atoms with Crippen molar-refractivity contribution in [1.29, 1.82) is 0 Å². The number of nitrogens with two attached hydrogens (primary N) is 1. The molecule has 88 valence electrons. The lowest BCUT2D eigenvalue weighted by Gasteiger charge is -2.42. The van der Waals surface area contributed by atoms with Gasteiger partial charge in [0.1, 0.15) is 0 Å². The molecule has 0 amide bonds. The van der Waals surface area contributed by atoms with Crippen molar-refractivity contribution < 1.29 is 4.74 Å². The molecule has 0 bridgehead atoms. The molecule has 1 aliphatic carbocycles. The third kappa shape index (κ3) is 3.05. The Hall–Kier alpha value is -0.340. The molecule has 0 radical (unpaired) electrons. The fraction of sp³-hybridized carbons (Fsp3) is 0.846. The summed E-state index contributed by atoms with van der Waals surface area (Å²) in [4.78, 5) is 0. The fourth-order valence-electron chi connectivity index (χ4n) is 2.54. The van der Waals surface area contributed by atoms with Gasteiger partial charge in [0.25, 0.3) is 0 Å². The molecule has 0 saturated heterocycles. The van der Waals surface area contributed by atoms with Crippen LogP contribution in [0.3, 0.4) is 0 Å². The minimum Gasteiger partial charge on any atom is -0.377 e. The zero-order valence-corrected chi connectivity index (χ0v) is 10.4. The molecule has 1 saturated carbocycles. The summed E-state index contributed by atoms with van der Waals surface area (Å²) in [5.41, 5.74) is 7.31. The lowest BCUT2D eigenvalue weighted by Crippen LogP contribution is -2.51. The Balaban J connectivity index is 2.63. The van der Waals surface area contributed by atoms with Crippen molar-refractivity contribution in [2.45, 2.75) is 57.6 Å². The zero-order chi connectivity index (χ0) is 11.5. The number of hydrogen-bond acceptors (Lipinski definition) is 2. The summed E-state index contributed by atoms with van der Waals surface area (Å²) in [6.45, 7) is 8.28. The van der Waals surface area contributed by atoms with Crippen LogP contribution in [0, 0.1) is 5.92 Å². The Morgan fingerprint density at radius 3 is 2.47 bits per heavy atom. The lowest BCUT2D eigenvalue weighted by atomic mass is 9.74. The highest BCUT2D eigenvalue weighted by molar-refractivity contribution is 5.02. The molecule has 1 aliphatic rings. The summed E-state index contributed by atoms with van der Waals surface area (Å²) in [6.07, 6.45) is 5.54. The molecule has 0 aliphatic heterocycles. The second-order valence-electron chi connectivity index (χ2n) is 5.22. The lowest BCUT2D eigenvalue weighted by molar-refractivity contribution is -0.0658. The highest BCUT2D eigenvalue weighted by Crippen LogP contribution is 2.37. The molecule has 1 rings (SSSR count). The van der Waals surface area contributed by atoms with Gasteiger partial charge in [-0.15, -0.1) is 6.58 Å². The monoisotopic (exact) mass is 211 g/mol. The normalized spacial score (nSPS) is 33.7. The van der Waals surface area contributed by atoms with Gasteiger partial charge in [0.15, 0.2) is 0 Å². The first-order valence-corrected chi connectivity index (χ1v) is 5.95. The van der Waals surface area contributed by atoms with Gasteiger partial charge in [-0.2, -0.15) is 0 Å². The summed E-state index contributed by atoms with van der Waals surface area (Å²) in [5.74, 6) is 0.824. The van der Waals surface area contributed by atoms with Crippen LogP contribution in [0.15, 0.2) is 12.2 Å². The van der Waals surface area contributed by atoms with Gasteiger partial charge >= 0.3 is 0 Å². The maximum absolute atomic E-state index is 6.25. The predicted molar refractivity (Wildman–Crippen MR) is 64.8 cm³/mol. The van der Waals surface area contributed by atoms with Gasteiger partial charge in [-0.3, -0.25) is 0 Å². The van der Waals surface area contributed by atoms with E-state index in [1.54, 1.807) is 7.11 Å². The van der Waals surface area contributed by atoms with Gasteiger partial charge in [0.2, 0.25) is 0 Å². The van der Waals surface area contributed by atoms with Crippen LogP contribution in [0.4, 0.5) is 0 Å². The summed E-state index contributed by atoms with van der Waals surface area (Å²) in [6, 6.07) is 0.104. The number of rotatable bonds is 4. The smallest absolute Gasteiger partial charge is 0.0832 e. The molecule has 0 aromatic carbocycles. The van der Waals surface area contributed by atoms with Crippen molar-refractivity contribution >= 4 is 0 Å². The van der Waals surface area contributed by atoms with Crippen LogP contribution in [-0.4, -0.2) is 18.8 Å². The van der Waals surface area contributed by atoms with E-state index in [4.69, 9.17) is 10.5 Å². The minimum absolute atomic E-state index is 0.0918. The van der Waals surface area contributed by atoms with Crippen LogP contribution >= 0.6 is 0 Å². The van der Waals surface area contributed by atoms with Crippen molar-refractivity contribution in [1.82, 2.24) is 0 Å². The standard InChI is InChI=1S/C13H25NO/c1-10(2)9-12(14)13(15-4)7-5-11(3)6-8-13/h11-12H,1,5-9,14H2,2-4H3. The van der Waals surface area contributed by atoms with Crippen molar-refractivity contribution in [2.24, 2.45) is 11.7 Å². The molecule has 0 aromatic heterocycles. The Bertz CT molecular complexity index is 217. The van der Waals surface area contributed by atoms with Crippen LogP contribution < -0.4 is 5.73 Å². The summed E-state index contributed by atoms with van der Waals surface area (Å²) >= 11 is 0. The van der Waals surface area contributed by atoms with E-state index in [1.807, 2.05) is 6.92 Å². The van der Waals surface area contributed by atoms with E-state index in [-0.39, 0.29) is 11.6 Å². The second kappa shape index (κ2) is 5.13. The maximum atomic E-state index is 6.25. The Morgan fingerprint density at radius 1 is 1.53 bits per heavy atom. The van der Waals surface area contributed by atoms with Crippen LogP contribution in [0.25, 0.3) is 0 Å². The van der Waals surface area contributed by atoms with Gasteiger partial charge < -0.3 is 10.5 Å². The average molecular weight is 211 g/mol. The number of hydrogen-bond donors (Lipinski definition) is 1. The average Bonchev–Trinajstić information content (AvgIpc) is 2.18. The third-order valence-corrected chi connectivity index (χ3v) is 3.77. The Morgan fingerprint density at radius 2 is 2.07 bits per heavy atom. The van der Waals surface area contributed by atoms with Crippen LogP contribution in [0.2, 0.25) is 0 Å². The molecular weight excluding hydrogens is 186 g/mol. The van der Waals surface area contributed by atoms with Gasteiger partial charge in [-0.25, -0.2) is 0 Å². The predicted octanol–water partition coefficient (Wildman–Crippen LogP) is 2.88. The molecule has 0 aromatic rings. The molecule has 1 atom stereocenters. The minimum atomic E-state index is -0.0918. The Labute approximate surface area is 93.9 Å². The molecule has 2 nitrogen and oxygen atoms in total. The van der Waals surface area contributed by atoms with E-state index in [0.29, 0.717) is 0 Å². The number of methoxy groups -OCH3 is 1. The molecule has 1 fully saturated rings.